The second kappa shape index (κ2) is 7.09. The van der Waals surface area contributed by atoms with Crippen LogP contribution in [0.4, 0.5) is 0 Å². The van der Waals surface area contributed by atoms with Crippen molar-refractivity contribution in [2.24, 2.45) is 0 Å². The average molecular weight is 384 g/mol. The molecule has 4 aromatic rings. The molecule has 144 valence electrons. The van der Waals surface area contributed by atoms with Crippen LogP contribution >= 0.6 is 0 Å². The molecule has 0 amide bonds. The van der Waals surface area contributed by atoms with Crippen molar-refractivity contribution >= 4 is 16.8 Å². The number of aromatic nitrogens is 2. The smallest absolute Gasteiger partial charge is 0.166 e. The van der Waals surface area contributed by atoms with E-state index in [0.29, 0.717) is 31.1 Å². The molecule has 0 unspecified atom stereocenters. The molecule has 5 nitrogen and oxygen atoms in total. The van der Waals surface area contributed by atoms with Gasteiger partial charge in [0.15, 0.2) is 17.3 Å². The van der Waals surface area contributed by atoms with E-state index in [4.69, 9.17) is 14.5 Å². The molecule has 0 aliphatic carbocycles. The maximum Gasteiger partial charge on any atom is 0.166 e. The maximum atomic E-state index is 12.3. The summed E-state index contributed by atoms with van der Waals surface area (Å²) in [6.45, 7) is 1.09. The molecule has 1 aliphatic rings. The molecule has 0 N–H and O–H groups in total. The largest absolute Gasteiger partial charge is 0.493 e. The third-order valence-corrected chi connectivity index (χ3v) is 5.29. The molecule has 1 aliphatic heterocycles. The molecular formula is C24H20N2O3. The molecule has 0 saturated heterocycles. The molecule has 0 atom stereocenters. The minimum absolute atomic E-state index is 0.177. The van der Waals surface area contributed by atoms with Gasteiger partial charge in [-0.1, -0.05) is 36.4 Å². The summed E-state index contributed by atoms with van der Waals surface area (Å²) in [6.07, 6.45) is 0.489. The summed E-state index contributed by atoms with van der Waals surface area (Å²) in [6, 6.07) is 21.6. The van der Waals surface area contributed by atoms with Crippen molar-refractivity contribution in [2.45, 2.75) is 19.6 Å². The van der Waals surface area contributed by atoms with E-state index in [9.17, 15) is 4.79 Å². The van der Waals surface area contributed by atoms with Crippen LogP contribution in [0, 0.1) is 0 Å². The van der Waals surface area contributed by atoms with Crippen LogP contribution in [0.1, 0.15) is 22.3 Å². The van der Waals surface area contributed by atoms with Crippen molar-refractivity contribution in [2.75, 3.05) is 7.11 Å². The summed E-state index contributed by atoms with van der Waals surface area (Å²) in [5.41, 5.74) is 4.53. The van der Waals surface area contributed by atoms with Crippen molar-refractivity contribution < 1.29 is 14.3 Å². The standard InChI is InChI=1S/C24H20N2O3/c1-28-21-11-10-17(14-22(21)29-15-16-6-3-2-4-7-16)24-25-19-9-5-8-18-20(27)12-13-26(24)23(18)19/h2-11,14H,12-13,15H2,1H3. The van der Waals surface area contributed by atoms with E-state index in [2.05, 4.69) is 4.57 Å². The number of ether oxygens (including phenoxy) is 2. The van der Waals surface area contributed by atoms with Gasteiger partial charge in [0.2, 0.25) is 0 Å². The Kier molecular flexibility index (Phi) is 4.28. The highest BCUT2D eigenvalue weighted by Gasteiger charge is 2.24. The Bertz CT molecular complexity index is 1210. The van der Waals surface area contributed by atoms with Crippen LogP contribution in [0.2, 0.25) is 0 Å². The first kappa shape index (κ1) is 17.5. The van der Waals surface area contributed by atoms with Crippen LogP contribution in [0.15, 0.2) is 66.7 Å². The molecule has 0 spiro atoms. The number of para-hydroxylation sites is 1. The predicted molar refractivity (Wildman–Crippen MR) is 111 cm³/mol. The zero-order valence-electron chi connectivity index (χ0n) is 16.1. The number of hydrogen-bond acceptors (Lipinski definition) is 4. The number of methoxy groups -OCH3 is 1. The lowest BCUT2D eigenvalue weighted by molar-refractivity contribution is 0.0973. The molecule has 5 rings (SSSR count). The van der Waals surface area contributed by atoms with Gasteiger partial charge in [-0.25, -0.2) is 4.98 Å². The number of hydrogen-bond donors (Lipinski definition) is 0. The molecule has 1 aromatic heterocycles. The topological polar surface area (TPSA) is 53.4 Å². The van der Waals surface area contributed by atoms with Crippen molar-refractivity contribution in [3.63, 3.8) is 0 Å². The SMILES string of the molecule is COc1ccc(-c2nc3cccc4c3n2CCC4=O)cc1OCc1ccccc1. The quantitative estimate of drug-likeness (QED) is 0.492. The summed E-state index contributed by atoms with van der Waals surface area (Å²) in [7, 11) is 1.63. The number of ketones is 1. The molecule has 3 aromatic carbocycles. The van der Waals surface area contributed by atoms with E-state index >= 15 is 0 Å². The Morgan fingerprint density at radius 2 is 1.86 bits per heavy atom. The van der Waals surface area contributed by atoms with Gasteiger partial charge in [0.1, 0.15) is 12.4 Å². The van der Waals surface area contributed by atoms with Crippen molar-refractivity contribution in [3.8, 4) is 22.9 Å². The number of carbonyl (C=O) groups is 1. The molecule has 5 heteroatoms. The van der Waals surface area contributed by atoms with Crippen LogP contribution in [0.5, 0.6) is 11.5 Å². The third-order valence-electron chi connectivity index (χ3n) is 5.29. The lowest BCUT2D eigenvalue weighted by Crippen LogP contribution is -2.14. The average Bonchev–Trinajstić information content (AvgIpc) is 3.15. The minimum Gasteiger partial charge on any atom is -0.493 e. The summed E-state index contributed by atoms with van der Waals surface area (Å²) in [5.74, 6) is 2.36. The highest BCUT2D eigenvalue weighted by molar-refractivity contribution is 6.08. The number of benzene rings is 3. The summed E-state index contributed by atoms with van der Waals surface area (Å²) in [4.78, 5) is 17.1. The summed E-state index contributed by atoms with van der Waals surface area (Å²) < 4.78 is 13.7. The maximum absolute atomic E-state index is 12.3. The lowest BCUT2D eigenvalue weighted by atomic mass is 10.0. The second-order valence-electron chi connectivity index (χ2n) is 7.07. The number of imidazole rings is 1. The fourth-order valence-corrected chi connectivity index (χ4v) is 3.86. The first-order valence-corrected chi connectivity index (χ1v) is 9.62. The van der Waals surface area contributed by atoms with Crippen molar-refractivity contribution in [1.82, 2.24) is 9.55 Å². The van der Waals surface area contributed by atoms with E-state index in [1.54, 1.807) is 7.11 Å². The van der Waals surface area contributed by atoms with Gasteiger partial charge >= 0.3 is 0 Å². The molecule has 0 radical (unpaired) electrons. The van der Waals surface area contributed by atoms with Gasteiger partial charge in [-0.3, -0.25) is 4.79 Å². The minimum atomic E-state index is 0.177. The molecular weight excluding hydrogens is 364 g/mol. The van der Waals surface area contributed by atoms with Gasteiger partial charge in [-0.05, 0) is 35.9 Å². The van der Waals surface area contributed by atoms with Crippen molar-refractivity contribution in [3.05, 3.63) is 77.9 Å². The van der Waals surface area contributed by atoms with Crippen LogP contribution in [-0.4, -0.2) is 22.4 Å². The summed E-state index contributed by atoms with van der Waals surface area (Å²) in [5, 5.41) is 0. The van der Waals surface area contributed by atoms with Gasteiger partial charge < -0.3 is 14.0 Å². The zero-order chi connectivity index (χ0) is 19.8. The summed E-state index contributed by atoms with van der Waals surface area (Å²) >= 11 is 0. The zero-order valence-corrected chi connectivity index (χ0v) is 16.1. The van der Waals surface area contributed by atoms with Crippen LogP contribution in [0.3, 0.4) is 0 Å². The number of carbonyl (C=O) groups excluding carboxylic acids is 1. The molecule has 0 bridgehead atoms. The van der Waals surface area contributed by atoms with E-state index in [1.807, 2.05) is 66.7 Å². The fourth-order valence-electron chi connectivity index (χ4n) is 3.86. The number of rotatable bonds is 5. The highest BCUT2D eigenvalue weighted by Crippen LogP contribution is 2.36. The van der Waals surface area contributed by atoms with E-state index in [-0.39, 0.29) is 5.78 Å². The van der Waals surface area contributed by atoms with Crippen LogP contribution in [0.25, 0.3) is 22.4 Å². The normalized spacial score (nSPS) is 12.9. The van der Waals surface area contributed by atoms with Gasteiger partial charge in [0.05, 0.1) is 18.1 Å². The third kappa shape index (κ3) is 3.05. The molecule has 0 saturated carbocycles. The molecule has 0 fully saturated rings. The number of nitrogens with zero attached hydrogens (tertiary/aromatic N) is 2. The molecule has 2 heterocycles. The fraction of sp³-hybridized carbons (Fsp3) is 0.167. The second-order valence-corrected chi connectivity index (χ2v) is 7.07. The Hall–Kier alpha value is -3.60. The Labute approximate surface area is 168 Å². The Balaban J connectivity index is 1.56. The van der Waals surface area contributed by atoms with Gasteiger partial charge in [0, 0.05) is 24.1 Å². The van der Waals surface area contributed by atoms with Gasteiger partial charge in [0.25, 0.3) is 0 Å². The first-order chi connectivity index (χ1) is 14.2. The highest BCUT2D eigenvalue weighted by atomic mass is 16.5. The number of Topliss-reactive ketones (excluding diaryl/α,β-unsaturated/α-hetero) is 1. The first-order valence-electron chi connectivity index (χ1n) is 9.62. The predicted octanol–water partition coefficient (Wildman–Crippen LogP) is 4.88. The molecule has 29 heavy (non-hydrogen) atoms. The monoisotopic (exact) mass is 384 g/mol. The van der Waals surface area contributed by atoms with Crippen molar-refractivity contribution in [1.29, 1.82) is 0 Å². The lowest BCUT2D eigenvalue weighted by Gasteiger charge is -2.17. The Morgan fingerprint density at radius 3 is 2.69 bits per heavy atom. The van der Waals surface area contributed by atoms with Crippen LogP contribution < -0.4 is 9.47 Å². The van der Waals surface area contributed by atoms with E-state index in [0.717, 1.165) is 33.5 Å². The van der Waals surface area contributed by atoms with E-state index in [1.165, 1.54) is 0 Å². The Morgan fingerprint density at radius 1 is 1.00 bits per heavy atom. The number of aryl methyl sites for hydroxylation is 1. The van der Waals surface area contributed by atoms with E-state index < -0.39 is 0 Å². The van der Waals surface area contributed by atoms with Gasteiger partial charge in [-0.2, -0.15) is 0 Å². The van der Waals surface area contributed by atoms with Gasteiger partial charge in [-0.15, -0.1) is 0 Å². The van der Waals surface area contributed by atoms with Crippen LogP contribution in [-0.2, 0) is 13.2 Å².